The van der Waals surface area contributed by atoms with Gasteiger partial charge in [-0.25, -0.2) is 0 Å². The zero-order chi connectivity index (χ0) is 18.4. The summed E-state index contributed by atoms with van der Waals surface area (Å²) < 4.78 is 5.43. The van der Waals surface area contributed by atoms with Gasteiger partial charge in [-0.05, 0) is 30.7 Å². The summed E-state index contributed by atoms with van der Waals surface area (Å²) in [5.74, 6) is 1.46. The van der Waals surface area contributed by atoms with Gasteiger partial charge in [-0.1, -0.05) is 18.1 Å². The van der Waals surface area contributed by atoms with Crippen molar-refractivity contribution in [3.8, 4) is 10.7 Å². The molecule has 8 heteroatoms. The van der Waals surface area contributed by atoms with Gasteiger partial charge in [-0.15, -0.1) is 11.3 Å². The predicted molar refractivity (Wildman–Crippen MR) is 98.7 cm³/mol. The number of aromatic nitrogens is 2. The number of likely N-dealkylation sites (tertiary alicyclic amines) is 1. The Kier molecular flexibility index (Phi) is 6.38. The van der Waals surface area contributed by atoms with E-state index >= 15 is 0 Å². The highest BCUT2D eigenvalue weighted by Crippen LogP contribution is 2.29. The molecule has 2 aromatic rings. The quantitative estimate of drug-likeness (QED) is 0.803. The van der Waals surface area contributed by atoms with Crippen LogP contribution in [-0.4, -0.2) is 46.5 Å². The van der Waals surface area contributed by atoms with Crippen molar-refractivity contribution < 1.29 is 14.1 Å². The Morgan fingerprint density at radius 3 is 2.85 bits per heavy atom. The van der Waals surface area contributed by atoms with Crippen LogP contribution in [-0.2, 0) is 9.59 Å². The minimum absolute atomic E-state index is 0.0416. The van der Waals surface area contributed by atoms with E-state index < -0.39 is 0 Å². The van der Waals surface area contributed by atoms with E-state index in [1.807, 2.05) is 29.3 Å². The average molecular weight is 376 g/mol. The van der Waals surface area contributed by atoms with Crippen LogP contribution in [0.15, 0.2) is 22.0 Å². The van der Waals surface area contributed by atoms with Gasteiger partial charge in [0.2, 0.25) is 23.5 Å². The molecule has 3 heterocycles. The first-order chi connectivity index (χ1) is 12.7. The SMILES string of the molecule is CCCNC(=O)CCC(=O)N1CCC(c2nc(-c3cccs3)no2)CC1. The summed E-state index contributed by atoms with van der Waals surface area (Å²) in [6, 6.07) is 3.93. The monoisotopic (exact) mass is 376 g/mol. The standard InChI is InChI=1S/C18H24N4O3S/c1-2-9-19-15(23)5-6-16(24)22-10-7-13(8-11-22)18-20-17(21-25-18)14-4-3-12-26-14/h3-4,12-13H,2,5-11H2,1H3,(H,19,23). The van der Waals surface area contributed by atoms with Crippen molar-refractivity contribution in [1.29, 1.82) is 0 Å². The molecule has 1 N–H and O–H groups in total. The number of amides is 2. The van der Waals surface area contributed by atoms with E-state index in [0.29, 0.717) is 31.3 Å². The van der Waals surface area contributed by atoms with Crippen molar-refractivity contribution in [3.63, 3.8) is 0 Å². The topological polar surface area (TPSA) is 88.3 Å². The van der Waals surface area contributed by atoms with Crippen molar-refractivity contribution in [2.24, 2.45) is 0 Å². The van der Waals surface area contributed by atoms with E-state index in [1.165, 1.54) is 0 Å². The molecular formula is C18H24N4O3S. The molecule has 0 saturated carbocycles. The van der Waals surface area contributed by atoms with Gasteiger partial charge in [0.1, 0.15) is 0 Å². The van der Waals surface area contributed by atoms with Crippen LogP contribution in [0.2, 0.25) is 0 Å². The molecule has 140 valence electrons. The summed E-state index contributed by atoms with van der Waals surface area (Å²) in [5.41, 5.74) is 0. The lowest BCUT2D eigenvalue weighted by atomic mass is 9.96. The average Bonchev–Trinajstić information content (AvgIpc) is 3.36. The van der Waals surface area contributed by atoms with Gasteiger partial charge in [-0.2, -0.15) is 4.98 Å². The van der Waals surface area contributed by atoms with Gasteiger partial charge in [0.25, 0.3) is 0 Å². The zero-order valence-corrected chi connectivity index (χ0v) is 15.8. The molecule has 0 unspecified atom stereocenters. The summed E-state index contributed by atoms with van der Waals surface area (Å²) in [6.45, 7) is 3.99. The van der Waals surface area contributed by atoms with Gasteiger partial charge in [0.15, 0.2) is 0 Å². The molecule has 0 radical (unpaired) electrons. The molecule has 0 spiro atoms. The van der Waals surface area contributed by atoms with Gasteiger partial charge in [0.05, 0.1) is 4.88 Å². The van der Waals surface area contributed by atoms with Gasteiger partial charge in [-0.3, -0.25) is 9.59 Å². The van der Waals surface area contributed by atoms with Crippen molar-refractivity contribution in [3.05, 3.63) is 23.4 Å². The molecule has 2 amide bonds. The van der Waals surface area contributed by atoms with Crippen molar-refractivity contribution >= 4 is 23.2 Å². The third-order valence-corrected chi connectivity index (χ3v) is 5.38. The predicted octanol–water partition coefficient (Wildman–Crippen LogP) is 2.81. The number of carbonyl (C=O) groups is 2. The molecule has 7 nitrogen and oxygen atoms in total. The maximum atomic E-state index is 12.3. The van der Waals surface area contributed by atoms with Gasteiger partial charge >= 0.3 is 0 Å². The fourth-order valence-electron chi connectivity index (χ4n) is 3.01. The Morgan fingerprint density at radius 1 is 1.35 bits per heavy atom. The fraction of sp³-hybridized carbons (Fsp3) is 0.556. The normalized spacial score (nSPS) is 15.2. The molecule has 0 atom stereocenters. The Labute approximate surface area is 156 Å². The molecule has 2 aromatic heterocycles. The lowest BCUT2D eigenvalue weighted by molar-refractivity contribution is -0.134. The molecule has 1 aliphatic heterocycles. The lowest BCUT2D eigenvalue weighted by Crippen LogP contribution is -2.38. The minimum atomic E-state index is -0.0537. The Bertz CT molecular complexity index is 721. The second kappa shape index (κ2) is 8.93. The number of hydrogen-bond donors (Lipinski definition) is 1. The number of carbonyl (C=O) groups excluding carboxylic acids is 2. The van der Waals surface area contributed by atoms with Crippen LogP contribution in [0.3, 0.4) is 0 Å². The number of rotatable bonds is 7. The van der Waals surface area contributed by atoms with Crippen molar-refractivity contribution in [1.82, 2.24) is 20.4 Å². The highest BCUT2D eigenvalue weighted by atomic mass is 32.1. The zero-order valence-electron chi connectivity index (χ0n) is 14.9. The first kappa shape index (κ1) is 18.6. The number of piperidine rings is 1. The van der Waals surface area contributed by atoms with E-state index in [4.69, 9.17) is 4.52 Å². The van der Waals surface area contributed by atoms with Crippen molar-refractivity contribution in [2.45, 2.75) is 44.9 Å². The van der Waals surface area contributed by atoms with Gasteiger partial charge in [0, 0.05) is 38.4 Å². The number of hydrogen-bond acceptors (Lipinski definition) is 6. The third-order valence-electron chi connectivity index (χ3n) is 4.52. The molecule has 0 bridgehead atoms. The molecule has 1 aliphatic rings. The molecule has 0 aromatic carbocycles. The van der Waals surface area contributed by atoms with E-state index in [-0.39, 0.29) is 30.6 Å². The van der Waals surface area contributed by atoms with E-state index in [0.717, 1.165) is 24.1 Å². The number of thiophene rings is 1. The first-order valence-electron chi connectivity index (χ1n) is 9.09. The fourth-order valence-corrected chi connectivity index (χ4v) is 3.66. The van der Waals surface area contributed by atoms with E-state index in [1.54, 1.807) is 11.3 Å². The van der Waals surface area contributed by atoms with Crippen LogP contribution in [0.1, 0.15) is 50.8 Å². The number of nitrogens with one attached hydrogen (secondary N) is 1. The summed E-state index contributed by atoms with van der Waals surface area (Å²) in [6.07, 6.45) is 3.03. The summed E-state index contributed by atoms with van der Waals surface area (Å²) in [4.78, 5) is 31.2. The highest BCUT2D eigenvalue weighted by molar-refractivity contribution is 7.13. The van der Waals surface area contributed by atoms with Crippen LogP contribution in [0.4, 0.5) is 0 Å². The Balaban J connectivity index is 1.45. The smallest absolute Gasteiger partial charge is 0.230 e. The number of nitrogens with zero attached hydrogens (tertiary/aromatic N) is 3. The maximum absolute atomic E-state index is 12.3. The molecule has 3 rings (SSSR count). The molecule has 1 fully saturated rings. The van der Waals surface area contributed by atoms with Crippen LogP contribution in [0, 0.1) is 0 Å². The summed E-state index contributed by atoms with van der Waals surface area (Å²) in [5, 5.41) is 8.84. The highest BCUT2D eigenvalue weighted by Gasteiger charge is 2.27. The second-order valence-corrected chi connectivity index (χ2v) is 7.39. The molecule has 0 aliphatic carbocycles. The Morgan fingerprint density at radius 2 is 2.15 bits per heavy atom. The molecule has 1 saturated heterocycles. The summed E-state index contributed by atoms with van der Waals surface area (Å²) >= 11 is 1.58. The summed E-state index contributed by atoms with van der Waals surface area (Å²) in [7, 11) is 0. The van der Waals surface area contributed by atoms with Crippen LogP contribution >= 0.6 is 11.3 Å². The van der Waals surface area contributed by atoms with E-state index in [2.05, 4.69) is 15.5 Å². The third kappa shape index (κ3) is 4.69. The maximum Gasteiger partial charge on any atom is 0.230 e. The molecule has 26 heavy (non-hydrogen) atoms. The van der Waals surface area contributed by atoms with Crippen molar-refractivity contribution in [2.75, 3.05) is 19.6 Å². The van der Waals surface area contributed by atoms with Gasteiger partial charge < -0.3 is 14.7 Å². The van der Waals surface area contributed by atoms with Crippen LogP contribution < -0.4 is 5.32 Å². The molecular weight excluding hydrogens is 352 g/mol. The van der Waals surface area contributed by atoms with Crippen LogP contribution in [0.25, 0.3) is 10.7 Å². The van der Waals surface area contributed by atoms with E-state index in [9.17, 15) is 9.59 Å². The Hall–Kier alpha value is -2.22. The minimum Gasteiger partial charge on any atom is -0.356 e. The first-order valence-corrected chi connectivity index (χ1v) is 9.97. The second-order valence-electron chi connectivity index (χ2n) is 6.44. The lowest BCUT2D eigenvalue weighted by Gasteiger charge is -2.30. The van der Waals surface area contributed by atoms with Crippen LogP contribution in [0.5, 0.6) is 0 Å². The largest absolute Gasteiger partial charge is 0.356 e.